The zero-order valence-electron chi connectivity index (χ0n) is 17.2. The van der Waals surface area contributed by atoms with Gasteiger partial charge in [-0.1, -0.05) is 0 Å². The van der Waals surface area contributed by atoms with Crippen molar-refractivity contribution in [1.29, 1.82) is 0 Å². The highest BCUT2D eigenvalue weighted by molar-refractivity contribution is 9.10. The molecule has 4 aliphatic rings. The van der Waals surface area contributed by atoms with E-state index in [1.54, 1.807) is 6.07 Å². The van der Waals surface area contributed by atoms with Crippen LogP contribution < -0.4 is 9.64 Å². The molecule has 0 amide bonds. The largest absolute Gasteiger partial charge is 0.461 e. The Morgan fingerprint density at radius 2 is 2.00 bits per heavy atom. The van der Waals surface area contributed by atoms with Crippen LogP contribution in [0.2, 0.25) is 0 Å². The molecule has 31 heavy (non-hydrogen) atoms. The number of hydrogen-bond donors (Lipinski definition) is 0. The number of ether oxygens (including phenoxy) is 2. The van der Waals surface area contributed by atoms with Gasteiger partial charge in [-0.3, -0.25) is 4.90 Å². The molecule has 6 rings (SSSR count). The Morgan fingerprint density at radius 1 is 1.19 bits per heavy atom. The first-order chi connectivity index (χ1) is 15.0. The summed E-state index contributed by atoms with van der Waals surface area (Å²) in [4.78, 5) is 13.5. The summed E-state index contributed by atoms with van der Waals surface area (Å²) in [5.41, 5.74) is -0.0602. The molecule has 1 aromatic heterocycles. The molecular formula is C22H25BrF2N4O2. The number of halogens is 3. The van der Waals surface area contributed by atoms with Gasteiger partial charge in [-0.2, -0.15) is 9.97 Å². The third-order valence-electron chi connectivity index (χ3n) is 7.29. The van der Waals surface area contributed by atoms with Gasteiger partial charge in [-0.05, 0) is 60.3 Å². The van der Waals surface area contributed by atoms with E-state index in [9.17, 15) is 4.39 Å². The number of rotatable bonds is 4. The van der Waals surface area contributed by atoms with Crippen molar-refractivity contribution >= 4 is 32.7 Å². The highest BCUT2D eigenvalue weighted by atomic mass is 79.9. The standard InChI is InChI=1S/C22H25BrF2N4O2/c23-17-5-4-16-19(18(17)25)26-21(27-20(16)28-10-14-2-3-15(11-28)31-14)30-12-22-6-1-7-29(22)9-13(24)8-22/h4-5,13-15H,1-3,6-12H2/t13-,14-,15+,22+/m1/s1. The van der Waals surface area contributed by atoms with Crippen LogP contribution in [0.4, 0.5) is 14.6 Å². The average Bonchev–Trinajstić information content (AvgIpc) is 3.40. The van der Waals surface area contributed by atoms with E-state index in [0.29, 0.717) is 35.2 Å². The monoisotopic (exact) mass is 494 g/mol. The summed E-state index contributed by atoms with van der Waals surface area (Å²) in [6.07, 6.45) is 4.03. The van der Waals surface area contributed by atoms with Gasteiger partial charge >= 0.3 is 6.01 Å². The van der Waals surface area contributed by atoms with E-state index in [0.717, 1.165) is 45.3 Å². The van der Waals surface area contributed by atoms with Gasteiger partial charge in [0.05, 0.1) is 22.2 Å². The molecular weight excluding hydrogens is 470 g/mol. The molecule has 2 aromatic rings. The lowest BCUT2D eigenvalue weighted by atomic mass is 9.95. The van der Waals surface area contributed by atoms with Gasteiger partial charge in [0.25, 0.3) is 0 Å². The Morgan fingerprint density at radius 3 is 2.81 bits per heavy atom. The molecule has 0 aliphatic carbocycles. The molecule has 166 valence electrons. The van der Waals surface area contributed by atoms with Gasteiger partial charge in [0.2, 0.25) is 0 Å². The normalized spacial score (nSPS) is 32.7. The van der Waals surface area contributed by atoms with Gasteiger partial charge in [0, 0.05) is 31.4 Å². The highest BCUT2D eigenvalue weighted by Gasteiger charge is 2.49. The van der Waals surface area contributed by atoms with Crippen molar-refractivity contribution in [3.05, 3.63) is 22.4 Å². The molecule has 2 bridgehead atoms. The Hall–Kier alpha value is -1.58. The van der Waals surface area contributed by atoms with Gasteiger partial charge < -0.3 is 14.4 Å². The molecule has 0 saturated carbocycles. The van der Waals surface area contributed by atoms with Crippen LogP contribution in [0.25, 0.3) is 10.9 Å². The summed E-state index contributed by atoms with van der Waals surface area (Å²) in [7, 11) is 0. The van der Waals surface area contributed by atoms with Crippen molar-refractivity contribution in [1.82, 2.24) is 14.9 Å². The third kappa shape index (κ3) is 3.40. The van der Waals surface area contributed by atoms with Crippen molar-refractivity contribution in [3.63, 3.8) is 0 Å². The van der Waals surface area contributed by atoms with Crippen LogP contribution in [0.3, 0.4) is 0 Å². The minimum absolute atomic E-state index is 0.155. The van der Waals surface area contributed by atoms with Gasteiger partial charge in [0.1, 0.15) is 24.1 Å². The Labute approximate surface area is 188 Å². The predicted molar refractivity (Wildman–Crippen MR) is 116 cm³/mol. The fourth-order valence-electron chi connectivity index (χ4n) is 5.84. The van der Waals surface area contributed by atoms with E-state index in [2.05, 4.69) is 30.7 Å². The molecule has 4 aliphatic heterocycles. The smallest absolute Gasteiger partial charge is 0.319 e. The van der Waals surface area contributed by atoms with Crippen molar-refractivity contribution in [2.24, 2.45) is 0 Å². The molecule has 0 spiro atoms. The van der Waals surface area contributed by atoms with Gasteiger partial charge in [0.15, 0.2) is 5.82 Å². The highest BCUT2D eigenvalue weighted by Crippen LogP contribution is 2.41. The summed E-state index contributed by atoms with van der Waals surface area (Å²) in [6.45, 7) is 3.13. The number of nitrogens with zero attached hydrogens (tertiary/aromatic N) is 4. The average molecular weight is 495 g/mol. The summed E-state index contributed by atoms with van der Waals surface area (Å²) in [5.74, 6) is 0.259. The van der Waals surface area contributed by atoms with Crippen LogP contribution in [-0.4, -0.2) is 71.6 Å². The van der Waals surface area contributed by atoms with E-state index in [1.165, 1.54) is 0 Å². The van der Waals surface area contributed by atoms with E-state index in [4.69, 9.17) is 14.5 Å². The Bertz CT molecular complexity index is 1010. The molecule has 4 saturated heterocycles. The fraction of sp³-hybridized carbons (Fsp3) is 0.636. The summed E-state index contributed by atoms with van der Waals surface area (Å²) >= 11 is 3.27. The van der Waals surface area contributed by atoms with Crippen LogP contribution in [-0.2, 0) is 4.74 Å². The SMILES string of the molecule is Fc1c(Br)ccc2c(N3C[C@H]4CC[C@@H](C3)O4)nc(OC[C@@]34CCCN3C[C@H](F)C4)nc12. The second-order valence-corrected chi connectivity index (χ2v) is 10.2. The summed E-state index contributed by atoms with van der Waals surface area (Å²) in [5, 5.41) is 0.666. The summed E-state index contributed by atoms with van der Waals surface area (Å²) in [6, 6.07) is 3.69. The quantitative estimate of drug-likeness (QED) is 0.643. The van der Waals surface area contributed by atoms with Crippen LogP contribution in [0.15, 0.2) is 16.6 Å². The van der Waals surface area contributed by atoms with E-state index < -0.39 is 12.0 Å². The molecule has 5 heterocycles. The van der Waals surface area contributed by atoms with Crippen molar-refractivity contribution < 1.29 is 18.3 Å². The van der Waals surface area contributed by atoms with Gasteiger partial charge in [-0.25, -0.2) is 8.78 Å². The molecule has 0 N–H and O–H groups in total. The molecule has 4 atom stereocenters. The maximum absolute atomic E-state index is 15.0. The number of aromatic nitrogens is 2. The minimum atomic E-state index is -0.825. The maximum atomic E-state index is 15.0. The van der Waals surface area contributed by atoms with Crippen molar-refractivity contribution in [2.45, 2.75) is 56.0 Å². The summed E-state index contributed by atoms with van der Waals surface area (Å²) < 4.78 is 41.5. The lowest BCUT2D eigenvalue weighted by molar-refractivity contribution is 0.0302. The van der Waals surface area contributed by atoms with E-state index >= 15 is 4.39 Å². The molecule has 6 nitrogen and oxygen atoms in total. The Kier molecular flexibility index (Phi) is 4.84. The number of alkyl halides is 1. The molecule has 9 heteroatoms. The molecule has 0 unspecified atom stereocenters. The first-order valence-corrected chi connectivity index (χ1v) is 11.9. The second-order valence-electron chi connectivity index (χ2n) is 9.31. The minimum Gasteiger partial charge on any atom is -0.461 e. The van der Waals surface area contributed by atoms with Crippen molar-refractivity contribution in [3.8, 4) is 6.01 Å². The van der Waals surface area contributed by atoms with Crippen LogP contribution in [0.5, 0.6) is 6.01 Å². The zero-order valence-corrected chi connectivity index (χ0v) is 18.8. The van der Waals surface area contributed by atoms with E-state index in [1.807, 2.05) is 6.07 Å². The number of benzene rings is 1. The molecule has 1 aromatic carbocycles. The number of morpholine rings is 1. The van der Waals surface area contributed by atoms with Crippen molar-refractivity contribution in [2.75, 3.05) is 37.7 Å². The second kappa shape index (κ2) is 7.49. The number of anilines is 1. The Balaban J connectivity index is 1.36. The topological polar surface area (TPSA) is 50.7 Å². The fourth-order valence-corrected chi connectivity index (χ4v) is 6.16. The lowest BCUT2D eigenvalue weighted by Crippen LogP contribution is -2.44. The number of fused-ring (bicyclic) bond motifs is 4. The van der Waals surface area contributed by atoms with Gasteiger partial charge in [-0.15, -0.1) is 0 Å². The van der Waals surface area contributed by atoms with Crippen LogP contribution in [0.1, 0.15) is 32.1 Å². The zero-order chi connectivity index (χ0) is 21.2. The predicted octanol–water partition coefficient (Wildman–Crippen LogP) is 3.85. The molecule has 0 radical (unpaired) electrons. The van der Waals surface area contributed by atoms with E-state index in [-0.39, 0.29) is 29.3 Å². The first-order valence-electron chi connectivity index (χ1n) is 11.1. The molecule has 4 fully saturated rings. The first kappa shape index (κ1) is 20.1. The number of hydrogen-bond acceptors (Lipinski definition) is 6. The third-order valence-corrected chi connectivity index (χ3v) is 7.91. The maximum Gasteiger partial charge on any atom is 0.319 e. The lowest BCUT2D eigenvalue weighted by Gasteiger charge is -2.34. The van der Waals surface area contributed by atoms with Crippen LogP contribution >= 0.6 is 15.9 Å². The van der Waals surface area contributed by atoms with Crippen LogP contribution in [0, 0.1) is 5.82 Å².